The van der Waals surface area contributed by atoms with Gasteiger partial charge in [-0.15, -0.1) is 0 Å². The molecule has 6 heteroatoms. The zero-order valence-corrected chi connectivity index (χ0v) is 43.0. The molecule has 0 radical (unpaired) electrons. The van der Waals surface area contributed by atoms with Crippen LogP contribution in [0.15, 0.2) is 0 Å². The average molecular weight is 892 g/mol. The summed E-state index contributed by atoms with van der Waals surface area (Å²) in [7, 11) is 0. The first-order valence-corrected chi connectivity index (χ1v) is 28.4. The Hall–Kier alpha value is -1.59. The molecule has 0 aromatic carbocycles. The van der Waals surface area contributed by atoms with E-state index in [-0.39, 0.29) is 31.1 Å². The molecule has 0 aromatic heterocycles. The summed E-state index contributed by atoms with van der Waals surface area (Å²) in [4.78, 5) is 38.0. The van der Waals surface area contributed by atoms with Gasteiger partial charge in [0.25, 0.3) is 0 Å². The van der Waals surface area contributed by atoms with Gasteiger partial charge in [0.1, 0.15) is 13.2 Å². The van der Waals surface area contributed by atoms with Gasteiger partial charge in [0.15, 0.2) is 6.10 Å². The third-order valence-electron chi connectivity index (χ3n) is 13.0. The van der Waals surface area contributed by atoms with Crippen LogP contribution in [0.4, 0.5) is 0 Å². The molecule has 0 aliphatic heterocycles. The highest BCUT2D eigenvalue weighted by atomic mass is 16.6. The molecular formula is C57H110O6. The molecule has 0 N–H and O–H groups in total. The number of ether oxygens (including phenoxy) is 3. The maximum atomic E-state index is 12.8. The van der Waals surface area contributed by atoms with Crippen LogP contribution < -0.4 is 0 Å². The molecule has 1 atom stereocenters. The number of hydrogen-bond donors (Lipinski definition) is 0. The van der Waals surface area contributed by atoms with Crippen molar-refractivity contribution >= 4 is 17.9 Å². The Morgan fingerprint density at radius 1 is 0.302 bits per heavy atom. The SMILES string of the molecule is CCCCCCCCCCCCCCCCCCCCCC(=O)OC[C@H](COC(=O)CCCCCCCCCCCCCCCCCCC)OC(=O)CCCCCCCCC(C)C. The van der Waals surface area contributed by atoms with Crippen molar-refractivity contribution in [2.75, 3.05) is 13.2 Å². The Balaban J connectivity index is 4.18. The Bertz CT molecular complexity index is 949. The van der Waals surface area contributed by atoms with Gasteiger partial charge in [0, 0.05) is 19.3 Å². The summed E-state index contributed by atoms with van der Waals surface area (Å²) >= 11 is 0. The first-order chi connectivity index (χ1) is 30.9. The quantitative estimate of drug-likeness (QED) is 0.0344. The molecule has 0 rings (SSSR count). The lowest BCUT2D eigenvalue weighted by atomic mass is 10.0. The fraction of sp³-hybridized carbons (Fsp3) is 0.947. The minimum Gasteiger partial charge on any atom is -0.462 e. The van der Waals surface area contributed by atoms with E-state index < -0.39 is 6.10 Å². The summed E-state index contributed by atoms with van der Waals surface area (Å²) in [5.74, 6) is -0.0857. The second-order valence-electron chi connectivity index (χ2n) is 20.1. The zero-order valence-electron chi connectivity index (χ0n) is 43.0. The second-order valence-corrected chi connectivity index (χ2v) is 20.1. The Kier molecular flexibility index (Phi) is 50.1. The third-order valence-corrected chi connectivity index (χ3v) is 13.0. The topological polar surface area (TPSA) is 78.9 Å². The molecule has 6 nitrogen and oxygen atoms in total. The van der Waals surface area contributed by atoms with Crippen molar-refractivity contribution in [2.24, 2.45) is 5.92 Å². The normalized spacial score (nSPS) is 12.0. The van der Waals surface area contributed by atoms with Crippen LogP contribution in [-0.2, 0) is 28.6 Å². The van der Waals surface area contributed by atoms with Crippen LogP contribution in [0, 0.1) is 5.92 Å². The van der Waals surface area contributed by atoms with Gasteiger partial charge in [-0.3, -0.25) is 14.4 Å². The van der Waals surface area contributed by atoms with Crippen LogP contribution in [0.25, 0.3) is 0 Å². The van der Waals surface area contributed by atoms with Gasteiger partial charge in [-0.25, -0.2) is 0 Å². The van der Waals surface area contributed by atoms with Gasteiger partial charge in [-0.1, -0.05) is 285 Å². The van der Waals surface area contributed by atoms with Gasteiger partial charge in [0.2, 0.25) is 0 Å². The first-order valence-electron chi connectivity index (χ1n) is 28.4. The largest absolute Gasteiger partial charge is 0.462 e. The van der Waals surface area contributed by atoms with Crippen LogP contribution in [0.5, 0.6) is 0 Å². The van der Waals surface area contributed by atoms with Crippen molar-refractivity contribution in [3.05, 3.63) is 0 Å². The molecule has 0 fully saturated rings. The van der Waals surface area contributed by atoms with Crippen molar-refractivity contribution < 1.29 is 28.6 Å². The van der Waals surface area contributed by atoms with Crippen LogP contribution in [0.1, 0.15) is 323 Å². The predicted molar refractivity (Wildman–Crippen MR) is 270 cm³/mol. The highest BCUT2D eigenvalue weighted by Gasteiger charge is 2.19. The molecule has 0 saturated heterocycles. The first kappa shape index (κ1) is 61.4. The average Bonchev–Trinajstić information content (AvgIpc) is 3.27. The van der Waals surface area contributed by atoms with Crippen molar-refractivity contribution in [3.8, 4) is 0 Å². The van der Waals surface area contributed by atoms with Crippen molar-refractivity contribution in [2.45, 2.75) is 329 Å². The monoisotopic (exact) mass is 891 g/mol. The molecule has 0 spiro atoms. The summed E-state index contributed by atoms with van der Waals surface area (Å²) in [6.45, 7) is 8.98. The molecule has 0 aromatic rings. The summed E-state index contributed by atoms with van der Waals surface area (Å²) < 4.78 is 16.8. The lowest BCUT2D eigenvalue weighted by Crippen LogP contribution is -2.30. The van der Waals surface area contributed by atoms with E-state index in [2.05, 4.69) is 27.7 Å². The van der Waals surface area contributed by atoms with E-state index in [0.717, 1.165) is 63.7 Å². The standard InChI is InChI=1S/C57H110O6/c1-5-7-9-11-13-15-17-19-21-23-24-26-28-30-32-34-36-41-45-49-56(59)62-52-54(63-57(60)50-46-42-38-37-39-43-47-53(3)4)51-61-55(58)48-44-40-35-33-31-29-27-25-22-20-18-16-14-12-10-8-6-2/h53-54H,5-52H2,1-4H3/t54-/m0/s1. The molecule has 0 unspecified atom stereocenters. The van der Waals surface area contributed by atoms with Gasteiger partial charge >= 0.3 is 17.9 Å². The maximum Gasteiger partial charge on any atom is 0.306 e. The Morgan fingerprint density at radius 3 is 0.778 bits per heavy atom. The Labute approximate surface area is 393 Å². The molecule has 0 saturated carbocycles. The fourth-order valence-electron chi connectivity index (χ4n) is 8.75. The molecule has 0 heterocycles. The summed E-state index contributed by atoms with van der Waals surface area (Å²) in [5, 5.41) is 0. The lowest BCUT2D eigenvalue weighted by Gasteiger charge is -2.18. The van der Waals surface area contributed by atoms with E-state index >= 15 is 0 Å². The summed E-state index contributed by atoms with van der Waals surface area (Å²) in [6.07, 6.45) is 55.4. The third kappa shape index (κ3) is 51.3. The van der Waals surface area contributed by atoms with Gasteiger partial charge in [-0.2, -0.15) is 0 Å². The lowest BCUT2D eigenvalue weighted by molar-refractivity contribution is -0.167. The maximum absolute atomic E-state index is 12.8. The van der Waals surface area contributed by atoms with E-state index in [1.807, 2.05) is 0 Å². The minimum atomic E-state index is -0.762. The summed E-state index contributed by atoms with van der Waals surface area (Å²) in [5.41, 5.74) is 0. The summed E-state index contributed by atoms with van der Waals surface area (Å²) in [6, 6.07) is 0. The molecule has 0 bridgehead atoms. The van der Waals surface area contributed by atoms with E-state index in [9.17, 15) is 14.4 Å². The van der Waals surface area contributed by atoms with Crippen molar-refractivity contribution in [3.63, 3.8) is 0 Å². The Morgan fingerprint density at radius 2 is 0.524 bits per heavy atom. The number of rotatable bonds is 52. The molecule has 374 valence electrons. The smallest absolute Gasteiger partial charge is 0.306 e. The van der Waals surface area contributed by atoms with Crippen LogP contribution in [-0.4, -0.2) is 37.2 Å². The van der Waals surface area contributed by atoms with Crippen molar-refractivity contribution in [1.29, 1.82) is 0 Å². The van der Waals surface area contributed by atoms with E-state index in [4.69, 9.17) is 14.2 Å². The highest BCUT2D eigenvalue weighted by Crippen LogP contribution is 2.18. The van der Waals surface area contributed by atoms with Crippen molar-refractivity contribution in [1.82, 2.24) is 0 Å². The zero-order chi connectivity index (χ0) is 45.9. The number of unbranched alkanes of at least 4 members (excludes halogenated alkanes) is 39. The van der Waals surface area contributed by atoms with Crippen LogP contribution in [0.3, 0.4) is 0 Å². The predicted octanol–water partition coefficient (Wildman–Crippen LogP) is 18.6. The molecule has 0 aliphatic carbocycles. The van der Waals surface area contributed by atoms with Crippen LogP contribution >= 0.6 is 0 Å². The number of carbonyl (C=O) groups is 3. The fourth-order valence-corrected chi connectivity index (χ4v) is 8.75. The van der Waals surface area contributed by atoms with Gasteiger partial charge in [0.05, 0.1) is 0 Å². The molecule has 63 heavy (non-hydrogen) atoms. The van der Waals surface area contributed by atoms with E-state index in [0.29, 0.717) is 19.3 Å². The number of esters is 3. The molecule has 0 amide bonds. The van der Waals surface area contributed by atoms with Gasteiger partial charge < -0.3 is 14.2 Å². The minimum absolute atomic E-state index is 0.0635. The van der Waals surface area contributed by atoms with Gasteiger partial charge in [-0.05, 0) is 25.2 Å². The highest BCUT2D eigenvalue weighted by molar-refractivity contribution is 5.71. The molecule has 0 aliphatic rings. The van der Waals surface area contributed by atoms with Crippen LogP contribution in [0.2, 0.25) is 0 Å². The number of hydrogen-bond acceptors (Lipinski definition) is 6. The number of carbonyl (C=O) groups excluding carboxylic acids is 3. The second kappa shape index (κ2) is 51.4. The van der Waals surface area contributed by atoms with E-state index in [1.54, 1.807) is 0 Å². The molecular weight excluding hydrogens is 781 g/mol. The van der Waals surface area contributed by atoms with E-state index in [1.165, 1.54) is 218 Å².